The van der Waals surface area contributed by atoms with Gasteiger partial charge >= 0.3 is 4.87 Å². The summed E-state index contributed by atoms with van der Waals surface area (Å²) >= 11 is 1.19. The highest BCUT2D eigenvalue weighted by molar-refractivity contribution is 7.16. The molecule has 0 aliphatic rings. The van der Waals surface area contributed by atoms with Crippen LogP contribution in [0.3, 0.4) is 0 Å². The van der Waals surface area contributed by atoms with Gasteiger partial charge < -0.3 is 14.0 Å². The number of ether oxygens (including phenoxy) is 2. The number of aryl methyl sites for hydroxylation is 1. The van der Waals surface area contributed by atoms with E-state index in [9.17, 15) is 9.59 Å². The Hall–Kier alpha value is -2.86. The first kappa shape index (κ1) is 17.0. The summed E-state index contributed by atoms with van der Waals surface area (Å²) in [6.45, 7) is 0. The van der Waals surface area contributed by atoms with Crippen molar-refractivity contribution in [3.63, 3.8) is 0 Å². The van der Waals surface area contributed by atoms with Gasteiger partial charge in [-0.15, -0.1) is 0 Å². The number of allylic oxidation sites excluding steroid dienone is 1. The molecule has 6 heteroatoms. The minimum Gasteiger partial charge on any atom is -0.497 e. The van der Waals surface area contributed by atoms with E-state index in [-0.39, 0.29) is 10.7 Å². The van der Waals surface area contributed by atoms with Gasteiger partial charge in [-0.05, 0) is 35.9 Å². The number of carbonyl (C=O) groups excluding carboxylic acids is 1. The summed E-state index contributed by atoms with van der Waals surface area (Å²) in [5.74, 6) is 0.924. The summed E-state index contributed by atoms with van der Waals surface area (Å²) in [5, 5.41) is 0. The van der Waals surface area contributed by atoms with Gasteiger partial charge in [0.15, 0.2) is 5.78 Å². The molecular weight excluding hydrogens is 338 g/mol. The lowest BCUT2D eigenvalue weighted by atomic mass is 10.1. The Morgan fingerprint density at radius 2 is 1.92 bits per heavy atom. The van der Waals surface area contributed by atoms with E-state index >= 15 is 0 Å². The monoisotopic (exact) mass is 355 g/mol. The first-order chi connectivity index (χ1) is 12.0. The van der Waals surface area contributed by atoms with E-state index < -0.39 is 0 Å². The van der Waals surface area contributed by atoms with Crippen molar-refractivity contribution >= 4 is 33.4 Å². The Morgan fingerprint density at radius 3 is 2.64 bits per heavy atom. The van der Waals surface area contributed by atoms with Crippen LogP contribution < -0.4 is 14.3 Å². The number of benzene rings is 2. The fraction of sp³-hybridized carbons (Fsp3) is 0.158. The fourth-order valence-electron chi connectivity index (χ4n) is 2.52. The smallest absolute Gasteiger partial charge is 0.307 e. The van der Waals surface area contributed by atoms with E-state index in [4.69, 9.17) is 9.47 Å². The maximum absolute atomic E-state index is 12.5. The second-order valence-corrected chi connectivity index (χ2v) is 6.41. The highest BCUT2D eigenvalue weighted by Crippen LogP contribution is 2.25. The fourth-order valence-corrected chi connectivity index (χ4v) is 3.45. The number of nitrogens with zero attached hydrogens (tertiary/aromatic N) is 1. The molecule has 0 atom stereocenters. The third kappa shape index (κ3) is 3.34. The van der Waals surface area contributed by atoms with Gasteiger partial charge in [-0.25, -0.2) is 0 Å². The number of ketones is 1. The van der Waals surface area contributed by atoms with Crippen molar-refractivity contribution in [2.75, 3.05) is 14.2 Å². The molecule has 1 aromatic heterocycles. The van der Waals surface area contributed by atoms with Crippen LogP contribution in [0.1, 0.15) is 15.9 Å². The van der Waals surface area contributed by atoms with Gasteiger partial charge in [-0.3, -0.25) is 9.59 Å². The Balaban J connectivity index is 1.89. The van der Waals surface area contributed by atoms with Gasteiger partial charge in [-0.1, -0.05) is 23.5 Å². The topological polar surface area (TPSA) is 57.5 Å². The zero-order valence-electron chi connectivity index (χ0n) is 14.1. The van der Waals surface area contributed by atoms with Crippen molar-refractivity contribution in [2.24, 2.45) is 7.05 Å². The summed E-state index contributed by atoms with van der Waals surface area (Å²) in [6, 6.07) is 10.7. The largest absolute Gasteiger partial charge is 0.497 e. The van der Waals surface area contributed by atoms with E-state index in [1.807, 2.05) is 18.2 Å². The molecule has 5 nitrogen and oxygen atoms in total. The van der Waals surface area contributed by atoms with E-state index in [1.165, 1.54) is 24.5 Å². The molecule has 0 amide bonds. The summed E-state index contributed by atoms with van der Waals surface area (Å²) in [4.78, 5) is 24.2. The molecule has 0 saturated heterocycles. The van der Waals surface area contributed by atoms with Gasteiger partial charge in [0.25, 0.3) is 0 Å². The Labute approximate surface area is 148 Å². The van der Waals surface area contributed by atoms with Gasteiger partial charge in [0.1, 0.15) is 11.5 Å². The van der Waals surface area contributed by atoms with Crippen LogP contribution in [0.2, 0.25) is 0 Å². The molecule has 0 radical (unpaired) electrons. The van der Waals surface area contributed by atoms with Crippen LogP contribution in [-0.4, -0.2) is 24.6 Å². The summed E-state index contributed by atoms with van der Waals surface area (Å²) in [7, 11) is 4.82. The lowest BCUT2D eigenvalue weighted by Gasteiger charge is -2.07. The van der Waals surface area contributed by atoms with Crippen molar-refractivity contribution in [2.45, 2.75) is 0 Å². The second kappa shape index (κ2) is 6.94. The number of carbonyl (C=O) groups is 1. The predicted octanol–water partition coefficient (Wildman–Crippen LogP) is 3.51. The molecule has 0 N–H and O–H groups in total. The average molecular weight is 355 g/mol. The van der Waals surface area contributed by atoms with Crippen LogP contribution in [-0.2, 0) is 7.05 Å². The number of hydrogen-bond acceptors (Lipinski definition) is 5. The minimum absolute atomic E-state index is 0.00447. The number of fused-ring (bicyclic) bond motifs is 1. The van der Waals surface area contributed by atoms with Crippen LogP contribution >= 0.6 is 11.3 Å². The Bertz CT molecular complexity index is 1030. The van der Waals surface area contributed by atoms with E-state index in [0.29, 0.717) is 17.1 Å². The van der Waals surface area contributed by atoms with Crippen LogP contribution in [0.5, 0.6) is 11.5 Å². The normalized spacial score (nSPS) is 11.2. The summed E-state index contributed by atoms with van der Waals surface area (Å²) in [5.41, 5.74) is 2.20. The summed E-state index contributed by atoms with van der Waals surface area (Å²) in [6.07, 6.45) is 3.23. The molecule has 25 heavy (non-hydrogen) atoms. The Morgan fingerprint density at radius 1 is 1.12 bits per heavy atom. The van der Waals surface area contributed by atoms with Crippen LogP contribution in [0.15, 0.2) is 47.3 Å². The first-order valence-electron chi connectivity index (χ1n) is 7.57. The molecule has 2 aromatic carbocycles. The number of hydrogen-bond donors (Lipinski definition) is 0. The molecule has 1 heterocycles. The number of thiazole rings is 1. The van der Waals surface area contributed by atoms with Crippen molar-refractivity contribution in [1.82, 2.24) is 4.57 Å². The number of methoxy groups -OCH3 is 2. The average Bonchev–Trinajstić information content (AvgIpc) is 2.92. The lowest BCUT2D eigenvalue weighted by Crippen LogP contribution is -2.06. The van der Waals surface area contributed by atoms with Crippen LogP contribution in [0, 0.1) is 0 Å². The van der Waals surface area contributed by atoms with Gasteiger partial charge in [0, 0.05) is 13.1 Å². The van der Waals surface area contributed by atoms with E-state index in [1.54, 1.807) is 43.0 Å². The third-order valence-corrected chi connectivity index (χ3v) is 4.91. The van der Waals surface area contributed by atoms with Crippen LogP contribution in [0.4, 0.5) is 0 Å². The molecule has 0 saturated carbocycles. The number of rotatable bonds is 5. The highest BCUT2D eigenvalue weighted by atomic mass is 32.1. The Kier molecular flexibility index (Phi) is 4.72. The van der Waals surface area contributed by atoms with Crippen molar-refractivity contribution in [1.29, 1.82) is 0 Å². The molecule has 0 spiro atoms. The number of aromatic nitrogens is 1. The zero-order chi connectivity index (χ0) is 18.0. The summed E-state index contributed by atoms with van der Waals surface area (Å²) < 4.78 is 12.9. The van der Waals surface area contributed by atoms with Crippen molar-refractivity contribution in [3.8, 4) is 11.5 Å². The van der Waals surface area contributed by atoms with Crippen molar-refractivity contribution in [3.05, 3.63) is 63.3 Å². The minimum atomic E-state index is -0.166. The predicted molar refractivity (Wildman–Crippen MR) is 100.0 cm³/mol. The molecule has 0 unspecified atom stereocenters. The quantitative estimate of drug-likeness (QED) is 0.519. The molecule has 0 fully saturated rings. The standard InChI is InChI=1S/C19H17NO4S/c1-20-15-8-4-12(10-18(15)25-19(20)22)5-9-16(21)14-7-6-13(23-2)11-17(14)24-3/h4-11H,1-3H3. The first-order valence-corrected chi connectivity index (χ1v) is 8.39. The molecule has 0 aliphatic heterocycles. The third-order valence-electron chi connectivity index (χ3n) is 3.92. The maximum atomic E-state index is 12.5. The molecular formula is C19H17NO4S. The van der Waals surface area contributed by atoms with Crippen molar-refractivity contribution < 1.29 is 14.3 Å². The molecule has 0 aliphatic carbocycles. The lowest BCUT2D eigenvalue weighted by molar-refractivity contribution is 0.104. The van der Waals surface area contributed by atoms with E-state index in [2.05, 4.69) is 0 Å². The zero-order valence-corrected chi connectivity index (χ0v) is 14.9. The highest BCUT2D eigenvalue weighted by Gasteiger charge is 2.11. The SMILES string of the molecule is COc1ccc(C(=O)C=Cc2ccc3c(c2)sc(=O)n3C)c(OC)c1. The second-order valence-electron chi connectivity index (χ2n) is 5.42. The maximum Gasteiger partial charge on any atom is 0.307 e. The van der Waals surface area contributed by atoms with Gasteiger partial charge in [0.2, 0.25) is 0 Å². The van der Waals surface area contributed by atoms with E-state index in [0.717, 1.165) is 15.8 Å². The van der Waals surface area contributed by atoms with Gasteiger partial charge in [0.05, 0.1) is 30.0 Å². The molecule has 0 bridgehead atoms. The molecule has 3 rings (SSSR count). The molecule has 3 aromatic rings. The van der Waals surface area contributed by atoms with Gasteiger partial charge in [-0.2, -0.15) is 0 Å². The van der Waals surface area contributed by atoms with Crippen LogP contribution in [0.25, 0.3) is 16.3 Å². The molecule has 128 valence electrons.